The maximum Gasteiger partial charge on any atom is 0.321 e. The average Bonchev–Trinajstić information content (AvgIpc) is 2.75. The Hall–Kier alpha value is -2.94. The summed E-state index contributed by atoms with van der Waals surface area (Å²) in [5, 5.41) is 11.4. The van der Waals surface area contributed by atoms with Gasteiger partial charge in [0, 0.05) is 45.0 Å². The average molecular weight is 386 g/mol. The smallest absolute Gasteiger partial charge is 0.321 e. The molecule has 0 atom stereocenters. The second-order valence-electron chi connectivity index (χ2n) is 6.76. The molecular weight excluding hydrogens is 363 g/mol. The van der Waals surface area contributed by atoms with Gasteiger partial charge in [-0.1, -0.05) is 6.07 Å². The molecule has 0 bridgehead atoms. The number of aromatic nitrogens is 2. The van der Waals surface area contributed by atoms with Crippen LogP contribution in [0.5, 0.6) is 0 Å². The number of benzene rings is 1. The molecule has 28 heavy (non-hydrogen) atoms. The first-order chi connectivity index (χ1) is 13.7. The van der Waals surface area contributed by atoms with Crippen molar-refractivity contribution in [1.29, 1.82) is 0 Å². The van der Waals surface area contributed by atoms with Crippen LogP contribution in [0.3, 0.4) is 0 Å². The lowest BCUT2D eigenvalue weighted by Gasteiger charge is -2.35. The molecule has 148 valence electrons. The first kappa shape index (κ1) is 18.4. The maximum absolute atomic E-state index is 13.3. The molecule has 2 fully saturated rings. The fraction of sp³-hybridized carbons (Fsp3) is 0.421. The van der Waals surface area contributed by atoms with Crippen molar-refractivity contribution in [2.45, 2.75) is 0 Å². The van der Waals surface area contributed by atoms with Crippen LogP contribution in [-0.2, 0) is 4.74 Å². The number of nitrogens with zero attached hydrogens (tertiary/aromatic N) is 5. The molecule has 1 aromatic heterocycles. The quantitative estimate of drug-likeness (QED) is 0.867. The summed E-state index contributed by atoms with van der Waals surface area (Å²) >= 11 is 0. The highest BCUT2D eigenvalue weighted by molar-refractivity contribution is 5.89. The van der Waals surface area contributed by atoms with Crippen LogP contribution in [0.4, 0.5) is 26.5 Å². The molecule has 2 aromatic rings. The Morgan fingerprint density at radius 1 is 0.929 bits per heavy atom. The normalized spacial score (nSPS) is 17.5. The van der Waals surface area contributed by atoms with E-state index >= 15 is 0 Å². The lowest BCUT2D eigenvalue weighted by molar-refractivity contribution is 0.122. The molecule has 0 radical (unpaired) electrons. The van der Waals surface area contributed by atoms with Gasteiger partial charge in [0.25, 0.3) is 0 Å². The van der Waals surface area contributed by atoms with Crippen molar-refractivity contribution in [3.05, 3.63) is 42.2 Å². The molecule has 8 nitrogen and oxygen atoms in total. The monoisotopic (exact) mass is 386 g/mol. The summed E-state index contributed by atoms with van der Waals surface area (Å²) in [6.45, 7) is 5.54. The topological polar surface area (TPSA) is 73.8 Å². The fourth-order valence-electron chi connectivity index (χ4n) is 3.36. The molecule has 1 aromatic carbocycles. The molecule has 0 aliphatic carbocycles. The number of urea groups is 1. The van der Waals surface area contributed by atoms with Crippen LogP contribution in [-0.4, -0.2) is 73.6 Å². The van der Waals surface area contributed by atoms with Gasteiger partial charge in [-0.15, -0.1) is 10.2 Å². The van der Waals surface area contributed by atoms with Gasteiger partial charge in [-0.25, -0.2) is 9.18 Å². The van der Waals surface area contributed by atoms with Crippen LogP contribution in [0.1, 0.15) is 0 Å². The fourth-order valence-corrected chi connectivity index (χ4v) is 3.36. The molecule has 9 heteroatoms. The summed E-state index contributed by atoms with van der Waals surface area (Å²) in [7, 11) is 0. The van der Waals surface area contributed by atoms with Crippen molar-refractivity contribution in [2.75, 3.05) is 67.6 Å². The summed E-state index contributed by atoms with van der Waals surface area (Å²) in [5.74, 6) is 1.30. The van der Waals surface area contributed by atoms with E-state index in [1.165, 1.54) is 12.1 Å². The molecule has 0 unspecified atom stereocenters. The Balaban J connectivity index is 1.30. The molecule has 4 rings (SSSR count). The number of carbonyl (C=O) groups is 1. The van der Waals surface area contributed by atoms with E-state index in [-0.39, 0.29) is 11.8 Å². The van der Waals surface area contributed by atoms with E-state index in [2.05, 4.69) is 25.3 Å². The van der Waals surface area contributed by atoms with Gasteiger partial charge in [0.05, 0.1) is 13.2 Å². The van der Waals surface area contributed by atoms with Crippen LogP contribution in [0, 0.1) is 5.82 Å². The van der Waals surface area contributed by atoms with Crippen molar-refractivity contribution in [3.8, 4) is 0 Å². The second-order valence-corrected chi connectivity index (χ2v) is 6.76. The number of anilines is 3. The number of piperazine rings is 1. The van der Waals surface area contributed by atoms with E-state index in [0.29, 0.717) is 45.1 Å². The summed E-state index contributed by atoms with van der Waals surface area (Å²) in [5.41, 5.74) is 0.456. The molecule has 0 saturated carbocycles. The van der Waals surface area contributed by atoms with Gasteiger partial charge in [0.2, 0.25) is 0 Å². The SMILES string of the molecule is O=C(Nc1cccc(F)c1)N1CCN(c2ccc(N3CCOCC3)nn2)CC1. The Morgan fingerprint density at radius 3 is 2.18 bits per heavy atom. The molecule has 3 heterocycles. The van der Waals surface area contributed by atoms with E-state index in [1.807, 2.05) is 12.1 Å². The van der Waals surface area contributed by atoms with E-state index in [1.54, 1.807) is 17.0 Å². The van der Waals surface area contributed by atoms with Crippen molar-refractivity contribution in [2.24, 2.45) is 0 Å². The lowest BCUT2D eigenvalue weighted by atomic mass is 10.3. The van der Waals surface area contributed by atoms with Crippen molar-refractivity contribution < 1.29 is 13.9 Å². The zero-order valence-corrected chi connectivity index (χ0v) is 15.6. The summed E-state index contributed by atoms with van der Waals surface area (Å²) in [6.07, 6.45) is 0. The zero-order valence-electron chi connectivity index (χ0n) is 15.6. The lowest BCUT2D eigenvalue weighted by Crippen LogP contribution is -2.50. The zero-order chi connectivity index (χ0) is 19.3. The van der Waals surface area contributed by atoms with Gasteiger partial charge < -0.3 is 24.8 Å². The summed E-state index contributed by atoms with van der Waals surface area (Å²) in [4.78, 5) is 18.4. The number of morpholine rings is 1. The number of rotatable bonds is 3. The third-order valence-electron chi connectivity index (χ3n) is 4.94. The van der Waals surface area contributed by atoms with E-state index in [0.717, 1.165) is 24.7 Å². The highest BCUT2D eigenvalue weighted by Crippen LogP contribution is 2.18. The predicted octanol–water partition coefficient (Wildman–Crippen LogP) is 1.81. The van der Waals surface area contributed by atoms with Crippen molar-refractivity contribution >= 4 is 23.4 Å². The number of amides is 2. The molecular formula is C19H23FN6O2. The number of ether oxygens (including phenoxy) is 1. The largest absolute Gasteiger partial charge is 0.378 e. The van der Waals surface area contributed by atoms with Crippen LogP contribution in [0.25, 0.3) is 0 Å². The predicted molar refractivity (Wildman–Crippen MR) is 104 cm³/mol. The minimum Gasteiger partial charge on any atom is -0.378 e. The van der Waals surface area contributed by atoms with Gasteiger partial charge in [0.15, 0.2) is 11.6 Å². The summed E-state index contributed by atoms with van der Waals surface area (Å²) in [6, 6.07) is 9.63. The third-order valence-corrected chi connectivity index (χ3v) is 4.94. The Morgan fingerprint density at radius 2 is 1.57 bits per heavy atom. The molecule has 2 aliphatic rings. The molecule has 2 amide bonds. The van der Waals surface area contributed by atoms with E-state index in [9.17, 15) is 9.18 Å². The molecule has 2 aliphatic heterocycles. The standard InChI is InChI=1S/C19H23FN6O2/c20-15-2-1-3-16(14-15)21-19(27)26-8-6-24(7-9-26)17-4-5-18(23-22-17)25-10-12-28-13-11-25/h1-5,14H,6-13H2,(H,21,27). The third kappa shape index (κ3) is 4.30. The minimum absolute atomic E-state index is 0.223. The number of hydrogen-bond acceptors (Lipinski definition) is 6. The van der Waals surface area contributed by atoms with E-state index < -0.39 is 0 Å². The number of halogens is 1. The maximum atomic E-state index is 13.3. The Labute approximate surface area is 162 Å². The van der Waals surface area contributed by atoms with Gasteiger partial charge >= 0.3 is 6.03 Å². The number of carbonyl (C=O) groups excluding carboxylic acids is 1. The highest BCUT2D eigenvalue weighted by atomic mass is 19.1. The molecule has 0 spiro atoms. The minimum atomic E-state index is -0.373. The summed E-state index contributed by atoms with van der Waals surface area (Å²) < 4.78 is 18.6. The van der Waals surface area contributed by atoms with Gasteiger partial charge in [-0.2, -0.15) is 0 Å². The van der Waals surface area contributed by atoms with Crippen LogP contribution >= 0.6 is 0 Å². The Bertz CT molecular complexity index is 804. The Kier molecular flexibility index (Phi) is 5.52. The molecule has 1 N–H and O–H groups in total. The van der Waals surface area contributed by atoms with E-state index in [4.69, 9.17) is 4.74 Å². The van der Waals surface area contributed by atoms with Crippen molar-refractivity contribution in [1.82, 2.24) is 15.1 Å². The first-order valence-electron chi connectivity index (χ1n) is 9.42. The van der Waals surface area contributed by atoms with Crippen molar-refractivity contribution in [3.63, 3.8) is 0 Å². The second kappa shape index (κ2) is 8.39. The van der Waals surface area contributed by atoms with Crippen LogP contribution < -0.4 is 15.1 Å². The highest BCUT2D eigenvalue weighted by Gasteiger charge is 2.22. The first-order valence-corrected chi connectivity index (χ1v) is 9.42. The van der Waals surface area contributed by atoms with Gasteiger partial charge in [-0.3, -0.25) is 0 Å². The number of nitrogens with one attached hydrogen (secondary N) is 1. The van der Waals surface area contributed by atoms with Gasteiger partial charge in [0.1, 0.15) is 5.82 Å². The molecule has 2 saturated heterocycles. The van der Waals surface area contributed by atoms with Crippen LogP contribution in [0.15, 0.2) is 36.4 Å². The van der Waals surface area contributed by atoms with Crippen LogP contribution in [0.2, 0.25) is 0 Å². The number of hydrogen-bond donors (Lipinski definition) is 1. The van der Waals surface area contributed by atoms with Gasteiger partial charge in [-0.05, 0) is 30.3 Å².